The number of hydrogen-bond donors (Lipinski definition) is 2. The lowest BCUT2D eigenvalue weighted by Crippen LogP contribution is -2.44. The van der Waals surface area contributed by atoms with Crippen molar-refractivity contribution in [2.75, 3.05) is 26.2 Å². The maximum Gasteiger partial charge on any atom is 0.123 e. The third-order valence-corrected chi connectivity index (χ3v) is 4.05. The molecule has 0 amide bonds. The van der Waals surface area contributed by atoms with E-state index >= 15 is 0 Å². The summed E-state index contributed by atoms with van der Waals surface area (Å²) >= 11 is 0. The molecule has 1 saturated heterocycles. The van der Waals surface area contributed by atoms with E-state index < -0.39 is 0 Å². The SMILES string of the molecule is CC(Cc1cccc(F)c1)N(CCO)CC1CCCN1. The van der Waals surface area contributed by atoms with Crippen LogP contribution >= 0.6 is 0 Å². The Labute approximate surface area is 120 Å². The molecule has 4 heteroatoms. The summed E-state index contributed by atoms with van der Waals surface area (Å²) in [5.74, 6) is -0.180. The van der Waals surface area contributed by atoms with Crippen molar-refractivity contribution in [1.82, 2.24) is 10.2 Å². The van der Waals surface area contributed by atoms with Crippen molar-refractivity contribution in [3.63, 3.8) is 0 Å². The minimum atomic E-state index is -0.180. The molecular formula is C16H25FN2O. The summed E-state index contributed by atoms with van der Waals surface area (Å²) in [7, 11) is 0. The second-order valence-electron chi connectivity index (χ2n) is 5.69. The fourth-order valence-electron chi connectivity index (χ4n) is 2.95. The molecule has 1 aliphatic rings. The highest BCUT2D eigenvalue weighted by atomic mass is 19.1. The van der Waals surface area contributed by atoms with Crippen LogP contribution in [0.15, 0.2) is 24.3 Å². The van der Waals surface area contributed by atoms with Gasteiger partial charge in [-0.05, 0) is 50.4 Å². The van der Waals surface area contributed by atoms with Crippen molar-refractivity contribution in [2.24, 2.45) is 0 Å². The van der Waals surface area contributed by atoms with Crippen molar-refractivity contribution >= 4 is 0 Å². The normalized spacial score (nSPS) is 20.5. The minimum absolute atomic E-state index is 0.167. The maximum absolute atomic E-state index is 13.2. The Bertz CT molecular complexity index is 407. The highest BCUT2D eigenvalue weighted by molar-refractivity contribution is 5.17. The number of aliphatic hydroxyl groups is 1. The van der Waals surface area contributed by atoms with Crippen molar-refractivity contribution in [3.8, 4) is 0 Å². The second kappa shape index (κ2) is 7.72. The van der Waals surface area contributed by atoms with E-state index in [0.717, 1.165) is 25.1 Å². The van der Waals surface area contributed by atoms with E-state index in [0.29, 0.717) is 18.6 Å². The number of nitrogens with zero attached hydrogens (tertiary/aromatic N) is 1. The minimum Gasteiger partial charge on any atom is -0.395 e. The van der Waals surface area contributed by atoms with E-state index in [1.54, 1.807) is 12.1 Å². The Hall–Kier alpha value is -0.970. The monoisotopic (exact) mass is 280 g/mol. The molecule has 1 aromatic rings. The van der Waals surface area contributed by atoms with E-state index in [4.69, 9.17) is 0 Å². The van der Waals surface area contributed by atoms with Gasteiger partial charge >= 0.3 is 0 Å². The smallest absolute Gasteiger partial charge is 0.123 e. The average Bonchev–Trinajstić information content (AvgIpc) is 2.91. The van der Waals surface area contributed by atoms with Crippen LogP contribution in [0, 0.1) is 5.82 Å². The molecule has 1 heterocycles. The average molecular weight is 280 g/mol. The number of halogens is 1. The summed E-state index contributed by atoms with van der Waals surface area (Å²) in [5, 5.41) is 12.7. The van der Waals surface area contributed by atoms with Gasteiger partial charge in [-0.3, -0.25) is 4.90 Å². The van der Waals surface area contributed by atoms with Crippen LogP contribution in [0.2, 0.25) is 0 Å². The van der Waals surface area contributed by atoms with E-state index in [9.17, 15) is 9.50 Å². The third kappa shape index (κ3) is 4.54. The molecular weight excluding hydrogens is 255 g/mol. The first kappa shape index (κ1) is 15.4. The van der Waals surface area contributed by atoms with Gasteiger partial charge < -0.3 is 10.4 Å². The molecule has 20 heavy (non-hydrogen) atoms. The van der Waals surface area contributed by atoms with Gasteiger partial charge in [0.05, 0.1) is 6.61 Å². The Balaban J connectivity index is 1.93. The largest absolute Gasteiger partial charge is 0.395 e. The quantitative estimate of drug-likeness (QED) is 0.799. The molecule has 1 aliphatic heterocycles. The molecule has 3 nitrogen and oxygen atoms in total. The van der Waals surface area contributed by atoms with Gasteiger partial charge in [0.2, 0.25) is 0 Å². The Morgan fingerprint density at radius 2 is 2.35 bits per heavy atom. The molecule has 1 fully saturated rings. The second-order valence-corrected chi connectivity index (χ2v) is 5.69. The van der Waals surface area contributed by atoms with E-state index in [-0.39, 0.29) is 12.4 Å². The molecule has 2 N–H and O–H groups in total. The number of benzene rings is 1. The summed E-state index contributed by atoms with van der Waals surface area (Å²) in [6.07, 6.45) is 3.25. The lowest BCUT2D eigenvalue weighted by molar-refractivity contribution is 0.146. The lowest BCUT2D eigenvalue weighted by atomic mass is 10.0. The Morgan fingerprint density at radius 1 is 1.50 bits per heavy atom. The van der Waals surface area contributed by atoms with E-state index in [1.165, 1.54) is 18.9 Å². The first-order chi connectivity index (χ1) is 9.69. The van der Waals surface area contributed by atoms with Gasteiger partial charge in [0.1, 0.15) is 5.82 Å². The molecule has 112 valence electrons. The summed E-state index contributed by atoms with van der Waals surface area (Å²) in [6, 6.07) is 7.61. The predicted molar refractivity (Wildman–Crippen MR) is 79.2 cm³/mol. The number of rotatable bonds is 7. The van der Waals surface area contributed by atoms with E-state index in [1.807, 2.05) is 6.07 Å². The summed E-state index contributed by atoms with van der Waals surface area (Å²) < 4.78 is 13.2. The fourth-order valence-corrected chi connectivity index (χ4v) is 2.95. The molecule has 0 saturated carbocycles. The highest BCUT2D eigenvalue weighted by Crippen LogP contribution is 2.13. The zero-order valence-corrected chi connectivity index (χ0v) is 12.2. The molecule has 2 unspecified atom stereocenters. The Morgan fingerprint density at radius 3 is 3.00 bits per heavy atom. The maximum atomic E-state index is 13.2. The molecule has 2 rings (SSSR count). The number of hydrogen-bond acceptors (Lipinski definition) is 3. The third-order valence-electron chi connectivity index (χ3n) is 4.05. The fraction of sp³-hybridized carbons (Fsp3) is 0.625. The first-order valence-corrected chi connectivity index (χ1v) is 7.52. The summed E-state index contributed by atoms with van der Waals surface area (Å²) in [4.78, 5) is 2.30. The van der Waals surface area contributed by atoms with Gasteiger partial charge in [0.25, 0.3) is 0 Å². The van der Waals surface area contributed by atoms with Crippen molar-refractivity contribution in [2.45, 2.75) is 38.3 Å². The van der Waals surface area contributed by atoms with Gasteiger partial charge in [0, 0.05) is 25.2 Å². The zero-order chi connectivity index (χ0) is 14.4. The lowest BCUT2D eigenvalue weighted by Gasteiger charge is -2.31. The van der Waals surface area contributed by atoms with Crippen molar-refractivity contribution in [3.05, 3.63) is 35.6 Å². The molecule has 1 aromatic carbocycles. The van der Waals surface area contributed by atoms with Crippen LogP contribution in [-0.4, -0.2) is 48.3 Å². The molecule has 0 bridgehead atoms. The van der Waals surface area contributed by atoms with Gasteiger partial charge in [-0.1, -0.05) is 12.1 Å². The molecule has 0 aliphatic carbocycles. The van der Waals surface area contributed by atoms with Crippen molar-refractivity contribution < 1.29 is 9.50 Å². The van der Waals surface area contributed by atoms with Crippen LogP contribution in [0.1, 0.15) is 25.3 Å². The molecule has 2 atom stereocenters. The molecule has 0 aromatic heterocycles. The van der Waals surface area contributed by atoms with Crippen LogP contribution in [0.4, 0.5) is 4.39 Å². The Kier molecular flexibility index (Phi) is 5.95. The van der Waals surface area contributed by atoms with Gasteiger partial charge in [-0.25, -0.2) is 4.39 Å². The van der Waals surface area contributed by atoms with Gasteiger partial charge in [-0.15, -0.1) is 0 Å². The molecule has 0 spiro atoms. The molecule has 0 radical (unpaired) electrons. The van der Waals surface area contributed by atoms with Crippen LogP contribution in [-0.2, 0) is 6.42 Å². The van der Waals surface area contributed by atoms with Crippen LogP contribution in [0.5, 0.6) is 0 Å². The van der Waals surface area contributed by atoms with Crippen LogP contribution in [0.25, 0.3) is 0 Å². The number of aliphatic hydroxyl groups excluding tert-OH is 1. The van der Waals surface area contributed by atoms with Crippen molar-refractivity contribution in [1.29, 1.82) is 0 Å². The summed E-state index contributed by atoms with van der Waals surface area (Å²) in [6.45, 7) is 5.04. The standard InChI is InChI=1S/C16H25FN2O/c1-13(10-14-4-2-5-15(17)11-14)19(8-9-20)12-16-6-3-7-18-16/h2,4-5,11,13,16,18,20H,3,6-10,12H2,1H3. The predicted octanol–water partition coefficient (Wildman–Crippen LogP) is 1.80. The van der Waals surface area contributed by atoms with Crippen LogP contribution < -0.4 is 5.32 Å². The van der Waals surface area contributed by atoms with Gasteiger partial charge in [0.15, 0.2) is 0 Å². The van der Waals surface area contributed by atoms with E-state index in [2.05, 4.69) is 17.1 Å². The first-order valence-electron chi connectivity index (χ1n) is 7.52. The topological polar surface area (TPSA) is 35.5 Å². The van der Waals surface area contributed by atoms with Gasteiger partial charge in [-0.2, -0.15) is 0 Å². The van der Waals surface area contributed by atoms with Crippen LogP contribution in [0.3, 0.4) is 0 Å². The summed E-state index contributed by atoms with van der Waals surface area (Å²) in [5.41, 5.74) is 1.01. The number of nitrogens with one attached hydrogen (secondary N) is 1. The highest BCUT2D eigenvalue weighted by Gasteiger charge is 2.21. The zero-order valence-electron chi connectivity index (χ0n) is 12.2.